The topological polar surface area (TPSA) is 8.17 Å². The molecule has 2 heteroatoms. The van der Waals surface area contributed by atoms with Crippen LogP contribution < -0.4 is 4.90 Å². The Balaban J connectivity index is 1.11. The van der Waals surface area contributed by atoms with Crippen molar-refractivity contribution in [1.82, 2.24) is 4.57 Å². The summed E-state index contributed by atoms with van der Waals surface area (Å²) in [5.41, 5.74) is 19.6. The zero-order chi connectivity index (χ0) is 33.7. The summed E-state index contributed by atoms with van der Waals surface area (Å²) >= 11 is 0. The van der Waals surface area contributed by atoms with Crippen molar-refractivity contribution < 1.29 is 0 Å². The highest BCUT2D eigenvalue weighted by molar-refractivity contribution is 5.98. The first-order chi connectivity index (χ1) is 24.6. The predicted octanol–water partition coefficient (Wildman–Crippen LogP) is 12.6. The normalized spacial score (nSPS) is 16.6. The molecule has 0 atom stereocenters. The first-order valence-electron chi connectivity index (χ1n) is 17.6. The van der Waals surface area contributed by atoms with E-state index in [1.54, 1.807) is 0 Å². The number of anilines is 2. The zero-order valence-corrected chi connectivity index (χ0v) is 28.5. The third-order valence-electron chi connectivity index (χ3n) is 10.5. The highest BCUT2D eigenvalue weighted by Crippen LogP contribution is 2.50. The summed E-state index contributed by atoms with van der Waals surface area (Å²) in [6.45, 7) is 4.72. The van der Waals surface area contributed by atoms with E-state index in [4.69, 9.17) is 0 Å². The number of fused-ring (bicyclic) bond motifs is 6. The second-order valence-corrected chi connectivity index (χ2v) is 13.8. The number of rotatable bonds is 5. The summed E-state index contributed by atoms with van der Waals surface area (Å²) in [6.07, 6.45) is 17.5. The molecule has 0 unspecified atom stereocenters. The lowest BCUT2D eigenvalue weighted by molar-refractivity contribution is 0.656. The van der Waals surface area contributed by atoms with Gasteiger partial charge in [-0.15, -0.1) is 5.73 Å². The molecule has 3 aliphatic carbocycles. The fourth-order valence-electron chi connectivity index (χ4n) is 8.12. The summed E-state index contributed by atoms with van der Waals surface area (Å²) in [6, 6.07) is 46.2. The van der Waals surface area contributed by atoms with Crippen LogP contribution in [-0.2, 0) is 5.41 Å². The highest BCUT2D eigenvalue weighted by Gasteiger charge is 2.37. The van der Waals surface area contributed by atoms with E-state index < -0.39 is 0 Å². The van der Waals surface area contributed by atoms with Gasteiger partial charge in [0.1, 0.15) is 0 Å². The molecule has 1 aromatic heterocycles. The average molecular weight is 643 g/mol. The van der Waals surface area contributed by atoms with Crippen molar-refractivity contribution >= 4 is 40.0 Å². The molecule has 6 aromatic rings. The minimum atomic E-state index is 0.0120. The van der Waals surface area contributed by atoms with Gasteiger partial charge in [0.15, 0.2) is 0 Å². The van der Waals surface area contributed by atoms with Gasteiger partial charge >= 0.3 is 0 Å². The molecule has 0 bridgehead atoms. The predicted molar refractivity (Wildman–Crippen MR) is 212 cm³/mol. The molecule has 0 aliphatic heterocycles. The summed E-state index contributed by atoms with van der Waals surface area (Å²) in [5, 5.41) is 1.22. The van der Waals surface area contributed by atoms with Gasteiger partial charge in [0.25, 0.3) is 0 Å². The van der Waals surface area contributed by atoms with Crippen LogP contribution in [0.3, 0.4) is 0 Å². The molecule has 0 spiro atoms. The number of benzene rings is 5. The van der Waals surface area contributed by atoms with Gasteiger partial charge in [0.05, 0.1) is 11.2 Å². The van der Waals surface area contributed by atoms with Crippen LogP contribution in [0.15, 0.2) is 175 Å². The highest BCUT2D eigenvalue weighted by atomic mass is 15.1. The molecule has 0 fully saturated rings. The largest absolute Gasteiger partial charge is 0.314 e. The summed E-state index contributed by atoms with van der Waals surface area (Å²) < 4.78 is 2.35. The molecule has 9 rings (SSSR count). The van der Waals surface area contributed by atoms with Crippen LogP contribution in [0.2, 0.25) is 0 Å². The monoisotopic (exact) mass is 642 g/mol. The van der Waals surface area contributed by atoms with Gasteiger partial charge in [-0.1, -0.05) is 111 Å². The fourth-order valence-corrected chi connectivity index (χ4v) is 8.12. The first-order valence-corrected chi connectivity index (χ1v) is 17.6. The van der Waals surface area contributed by atoms with Gasteiger partial charge in [-0.2, -0.15) is 0 Å². The second kappa shape index (κ2) is 12.1. The Morgan fingerprint density at radius 3 is 2.26 bits per heavy atom. The van der Waals surface area contributed by atoms with Gasteiger partial charge in [0, 0.05) is 39.1 Å². The van der Waals surface area contributed by atoms with E-state index in [-0.39, 0.29) is 5.41 Å². The van der Waals surface area contributed by atoms with E-state index in [0.717, 1.165) is 24.2 Å². The number of nitrogens with zero attached hydrogens (tertiary/aromatic N) is 2. The van der Waals surface area contributed by atoms with Gasteiger partial charge in [0.2, 0.25) is 0 Å². The Labute approximate surface area is 294 Å². The summed E-state index contributed by atoms with van der Waals surface area (Å²) in [7, 11) is 0. The first kappa shape index (κ1) is 30.0. The molecule has 5 aromatic carbocycles. The lowest BCUT2D eigenvalue weighted by atomic mass is 9.81. The number of hydrogen-bond acceptors (Lipinski definition) is 1. The van der Waals surface area contributed by atoms with E-state index in [9.17, 15) is 0 Å². The van der Waals surface area contributed by atoms with Gasteiger partial charge in [-0.3, -0.25) is 0 Å². The molecule has 1 heterocycles. The number of hydrogen-bond donors (Lipinski definition) is 0. The molecule has 50 heavy (non-hydrogen) atoms. The third kappa shape index (κ3) is 4.96. The molecule has 0 saturated carbocycles. The standard InChI is InChI=1S/C48H38N2/c1-48(2)44-22-13-12-20-40(44)41-31-30-38(19-14-23-45(41)48)49(36-15-6-3-7-16-36)39-28-25-34(26-29-39)35-27-32-47-43(33-35)42-21-10-5-11-24-46(42)50(47)37-17-8-4-9-18-37/h3-9,11-13,15-18,20-33H,14,19H2,1-2H3/b38-30-,41-31?,45-23?. The Morgan fingerprint density at radius 2 is 1.44 bits per heavy atom. The number of allylic oxidation sites excluding steroid dienone is 8. The van der Waals surface area contributed by atoms with Crippen LogP contribution in [0.1, 0.15) is 49.1 Å². The minimum absolute atomic E-state index is 0.0120. The van der Waals surface area contributed by atoms with Crippen molar-refractivity contribution in [1.29, 1.82) is 0 Å². The smallest absolute Gasteiger partial charge is 0.0547 e. The second-order valence-electron chi connectivity index (χ2n) is 13.8. The van der Waals surface area contributed by atoms with Crippen LogP contribution in [0.4, 0.5) is 11.4 Å². The lowest BCUT2D eigenvalue weighted by Crippen LogP contribution is -2.18. The summed E-state index contributed by atoms with van der Waals surface area (Å²) in [4.78, 5) is 2.43. The quantitative estimate of drug-likeness (QED) is 0.170. The maximum atomic E-state index is 3.35. The van der Waals surface area contributed by atoms with Crippen molar-refractivity contribution in [2.24, 2.45) is 0 Å². The number of para-hydroxylation sites is 2. The van der Waals surface area contributed by atoms with Crippen molar-refractivity contribution in [2.75, 3.05) is 4.90 Å². The Morgan fingerprint density at radius 1 is 0.720 bits per heavy atom. The summed E-state index contributed by atoms with van der Waals surface area (Å²) in [5.74, 6) is 0. The van der Waals surface area contributed by atoms with E-state index >= 15 is 0 Å². The average Bonchev–Trinajstić information content (AvgIpc) is 3.40. The van der Waals surface area contributed by atoms with E-state index in [1.165, 1.54) is 66.9 Å². The Kier molecular flexibility index (Phi) is 7.27. The van der Waals surface area contributed by atoms with Crippen LogP contribution in [0.5, 0.6) is 0 Å². The van der Waals surface area contributed by atoms with E-state index in [1.807, 2.05) is 6.08 Å². The lowest BCUT2D eigenvalue weighted by Gasteiger charge is -2.29. The van der Waals surface area contributed by atoms with Crippen LogP contribution in [0.25, 0.3) is 45.4 Å². The molecular formula is C48H38N2. The van der Waals surface area contributed by atoms with Gasteiger partial charge in [-0.05, 0) is 119 Å². The molecule has 0 amide bonds. The molecule has 0 radical (unpaired) electrons. The van der Waals surface area contributed by atoms with E-state index in [0.29, 0.717) is 0 Å². The molecule has 0 N–H and O–H groups in total. The Hall–Kier alpha value is -6.08. The molecular weight excluding hydrogens is 605 g/mol. The number of aromatic nitrogens is 1. The van der Waals surface area contributed by atoms with Crippen molar-refractivity contribution in [3.63, 3.8) is 0 Å². The fraction of sp³-hybridized carbons (Fsp3) is 0.104. The molecule has 2 nitrogen and oxygen atoms in total. The van der Waals surface area contributed by atoms with E-state index in [2.05, 4.69) is 193 Å². The molecule has 240 valence electrons. The van der Waals surface area contributed by atoms with Crippen molar-refractivity contribution in [2.45, 2.75) is 32.1 Å². The van der Waals surface area contributed by atoms with Gasteiger partial charge in [-0.25, -0.2) is 0 Å². The molecule has 3 aliphatic rings. The van der Waals surface area contributed by atoms with Crippen LogP contribution in [-0.4, -0.2) is 4.57 Å². The van der Waals surface area contributed by atoms with Gasteiger partial charge < -0.3 is 9.47 Å². The van der Waals surface area contributed by atoms with Crippen molar-refractivity contribution in [3.8, 4) is 16.8 Å². The van der Waals surface area contributed by atoms with Crippen LogP contribution in [0, 0.1) is 0 Å². The maximum Gasteiger partial charge on any atom is 0.0547 e. The maximum absolute atomic E-state index is 3.35. The SMILES string of the molecule is CC1(C)C2=CCC/C(N(c3ccccc3)c3ccc(-c4ccc5c(c4)c4c(n5-c5ccccc5)C=CC=C=C4)cc3)=C/C=C2c2ccccc21. The Bertz CT molecular complexity index is 2460. The third-order valence-corrected chi connectivity index (χ3v) is 10.5. The zero-order valence-electron chi connectivity index (χ0n) is 28.5. The minimum Gasteiger partial charge on any atom is -0.314 e. The molecule has 0 saturated heterocycles. The van der Waals surface area contributed by atoms with Crippen LogP contribution >= 0.6 is 0 Å². The van der Waals surface area contributed by atoms with Crippen molar-refractivity contribution in [3.05, 3.63) is 197 Å².